The number of hydrogen-bond acceptors (Lipinski definition) is 3. The van der Waals surface area contributed by atoms with Gasteiger partial charge in [-0.05, 0) is 25.8 Å². The molecule has 1 rings (SSSR count). The van der Waals surface area contributed by atoms with Gasteiger partial charge in [-0.3, -0.25) is 4.99 Å². The van der Waals surface area contributed by atoms with Crippen LogP contribution >= 0.6 is 24.0 Å². The molecule has 25 heavy (non-hydrogen) atoms. The van der Waals surface area contributed by atoms with Crippen molar-refractivity contribution in [2.24, 2.45) is 4.99 Å². The summed E-state index contributed by atoms with van der Waals surface area (Å²) in [7, 11) is 0.515. The molecule has 0 fully saturated rings. The minimum absolute atomic E-state index is 0. The van der Waals surface area contributed by atoms with E-state index in [0.29, 0.717) is 19.5 Å². The molecule has 0 unspecified atom stereocenters. The Morgan fingerprint density at radius 1 is 1.16 bits per heavy atom. The number of sulfonamides is 1. The van der Waals surface area contributed by atoms with Crippen LogP contribution in [-0.2, 0) is 16.6 Å². The summed E-state index contributed by atoms with van der Waals surface area (Å²) in [5, 5.41) is 3.28. The lowest BCUT2D eigenvalue weighted by Gasteiger charge is -2.22. The fourth-order valence-electron chi connectivity index (χ4n) is 2.24. The summed E-state index contributed by atoms with van der Waals surface area (Å²) in [6.45, 7) is 6.34. The Kier molecular flexibility index (Phi) is 12.0. The van der Waals surface area contributed by atoms with Gasteiger partial charge in [0.05, 0.1) is 5.75 Å². The second-order valence-corrected chi connectivity index (χ2v) is 8.02. The number of nitrogens with one attached hydrogen (secondary N) is 1. The first-order valence-electron chi connectivity index (χ1n) is 8.38. The number of guanidine groups is 1. The molecule has 0 atom stereocenters. The molecule has 0 radical (unpaired) electrons. The van der Waals surface area contributed by atoms with Crippen LogP contribution < -0.4 is 5.32 Å². The number of aliphatic imine (C=N–C) groups is 1. The van der Waals surface area contributed by atoms with Gasteiger partial charge in [-0.15, -0.1) is 24.0 Å². The van der Waals surface area contributed by atoms with E-state index in [1.54, 1.807) is 14.0 Å². The lowest BCUT2D eigenvalue weighted by atomic mass is 10.2. The van der Waals surface area contributed by atoms with Crippen LogP contribution in [0.25, 0.3) is 0 Å². The average molecular weight is 482 g/mol. The van der Waals surface area contributed by atoms with E-state index >= 15 is 0 Å². The Morgan fingerprint density at radius 2 is 1.80 bits per heavy atom. The highest BCUT2D eigenvalue weighted by Gasteiger charge is 2.14. The summed E-state index contributed by atoms with van der Waals surface area (Å²) < 4.78 is 24.8. The Hall–Kier alpha value is -0.870. The lowest BCUT2D eigenvalue weighted by molar-refractivity contribution is 0.459. The van der Waals surface area contributed by atoms with Crippen molar-refractivity contribution in [1.82, 2.24) is 14.5 Å². The molecule has 144 valence electrons. The lowest BCUT2D eigenvalue weighted by Crippen LogP contribution is -2.38. The van der Waals surface area contributed by atoms with Crippen molar-refractivity contribution in [3.05, 3.63) is 35.9 Å². The number of halogens is 1. The molecule has 1 aromatic carbocycles. The van der Waals surface area contributed by atoms with Crippen LogP contribution in [0.4, 0.5) is 0 Å². The minimum atomic E-state index is -3.11. The van der Waals surface area contributed by atoms with Crippen molar-refractivity contribution in [1.29, 1.82) is 0 Å². The van der Waals surface area contributed by atoms with E-state index in [1.165, 1.54) is 9.87 Å². The predicted octanol–water partition coefficient (Wildman–Crippen LogP) is 2.37. The summed E-state index contributed by atoms with van der Waals surface area (Å²) in [5.74, 6) is 0.970. The summed E-state index contributed by atoms with van der Waals surface area (Å²) in [5.41, 5.74) is 1.22. The van der Waals surface area contributed by atoms with Crippen molar-refractivity contribution < 1.29 is 8.42 Å². The fourth-order valence-corrected chi connectivity index (χ4v) is 3.09. The molecule has 0 aliphatic carbocycles. The van der Waals surface area contributed by atoms with Crippen LogP contribution in [0.15, 0.2) is 35.3 Å². The van der Waals surface area contributed by atoms with Gasteiger partial charge in [0.2, 0.25) is 10.0 Å². The fraction of sp³-hybridized carbons (Fsp3) is 0.588. The summed E-state index contributed by atoms with van der Waals surface area (Å²) in [4.78, 5) is 6.67. The quantitative estimate of drug-likeness (QED) is 0.254. The van der Waals surface area contributed by atoms with Gasteiger partial charge in [0.25, 0.3) is 0 Å². The summed E-state index contributed by atoms with van der Waals surface area (Å²) in [6.07, 6.45) is 0.698. The van der Waals surface area contributed by atoms with E-state index < -0.39 is 10.0 Å². The first kappa shape index (κ1) is 24.1. The molecular formula is C17H31IN4O2S. The highest BCUT2D eigenvalue weighted by atomic mass is 127. The molecule has 0 spiro atoms. The Labute approximate surface area is 169 Å². The Balaban J connectivity index is 0.00000576. The van der Waals surface area contributed by atoms with Crippen LogP contribution in [-0.4, -0.2) is 63.1 Å². The Morgan fingerprint density at radius 3 is 2.36 bits per heavy atom. The van der Waals surface area contributed by atoms with Gasteiger partial charge in [0, 0.05) is 40.3 Å². The normalized spacial score (nSPS) is 12.0. The smallest absolute Gasteiger partial charge is 0.213 e. The van der Waals surface area contributed by atoms with E-state index in [9.17, 15) is 8.42 Å². The highest BCUT2D eigenvalue weighted by Crippen LogP contribution is 2.03. The van der Waals surface area contributed by atoms with E-state index in [2.05, 4.69) is 27.3 Å². The maximum atomic E-state index is 11.7. The van der Waals surface area contributed by atoms with Gasteiger partial charge in [-0.25, -0.2) is 12.7 Å². The number of benzene rings is 1. The van der Waals surface area contributed by atoms with E-state index in [4.69, 9.17) is 0 Å². The van der Waals surface area contributed by atoms with Gasteiger partial charge in [0.15, 0.2) is 5.96 Å². The first-order valence-corrected chi connectivity index (χ1v) is 9.99. The number of nitrogens with zero attached hydrogens (tertiary/aromatic N) is 3. The maximum Gasteiger partial charge on any atom is 0.213 e. The highest BCUT2D eigenvalue weighted by molar-refractivity contribution is 14.0. The molecular weight excluding hydrogens is 451 g/mol. The van der Waals surface area contributed by atoms with E-state index in [1.807, 2.05) is 32.2 Å². The van der Waals surface area contributed by atoms with Crippen molar-refractivity contribution in [2.45, 2.75) is 26.8 Å². The van der Waals surface area contributed by atoms with Crippen LogP contribution in [0, 0.1) is 0 Å². The Bertz CT molecular complexity index is 608. The standard InChI is InChI=1S/C17H30N4O2S.HI/c1-5-18-17(20(3)15-16-11-8-7-9-12-16)19-13-10-14-21(4)24(22,23)6-2;/h7-9,11-12H,5-6,10,13-15H2,1-4H3,(H,18,19);1H. The molecule has 0 saturated heterocycles. The zero-order valence-electron chi connectivity index (χ0n) is 15.6. The second kappa shape index (κ2) is 12.5. The first-order chi connectivity index (χ1) is 11.4. The van der Waals surface area contributed by atoms with Gasteiger partial charge in [-0.1, -0.05) is 30.3 Å². The van der Waals surface area contributed by atoms with Crippen LogP contribution in [0.5, 0.6) is 0 Å². The maximum absolute atomic E-state index is 11.7. The van der Waals surface area contributed by atoms with Gasteiger partial charge < -0.3 is 10.2 Å². The van der Waals surface area contributed by atoms with Crippen molar-refractivity contribution >= 4 is 40.0 Å². The molecule has 1 N–H and O–H groups in total. The third-order valence-corrected chi connectivity index (χ3v) is 5.55. The molecule has 0 amide bonds. The van der Waals surface area contributed by atoms with Gasteiger partial charge in [-0.2, -0.15) is 0 Å². The average Bonchev–Trinajstić information content (AvgIpc) is 2.58. The third-order valence-electron chi connectivity index (χ3n) is 3.69. The third kappa shape index (κ3) is 8.87. The largest absolute Gasteiger partial charge is 0.357 e. The molecule has 6 nitrogen and oxygen atoms in total. The van der Waals surface area contributed by atoms with Crippen molar-refractivity contribution in [3.63, 3.8) is 0 Å². The number of rotatable bonds is 9. The van der Waals surface area contributed by atoms with Crippen LogP contribution in [0.1, 0.15) is 25.8 Å². The zero-order valence-corrected chi connectivity index (χ0v) is 18.8. The molecule has 0 heterocycles. The van der Waals surface area contributed by atoms with Crippen LogP contribution in [0.3, 0.4) is 0 Å². The predicted molar refractivity (Wildman–Crippen MR) is 116 cm³/mol. The van der Waals surface area contributed by atoms with E-state index in [-0.39, 0.29) is 29.7 Å². The molecule has 0 aliphatic rings. The molecule has 0 aromatic heterocycles. The van der Waals surface area contributed by atoms with E-state index in [0.717, 1.165) is 19.0 Å². The molecule has 0 bridgehead atoms. The van der Waals surface area contributed by atoms with Gasteiger partial charge >= 0.3 is 0 Å². The van der Waals surface area contributed by atoms with Gasteiger partial charge in [0.1, 0.15) is 0 Å². The molecule has 8 heteroatoms. The van der Waals surface area contributed by atoms with Crippen molar-refractivity contribution in [3.8, 4) is 0 Å². The van der Waals surface area contributed by atoms with Crippen molar-refractivity contribution in [2.75, 3.05) is 39.5 Å². The monoisotopic (exact) mass is 482 g/mol. The second-order valence-electron chi connectivity index (χ2n) is 5.65. The summed E-state index contributed by atoms with van der Waals surface area (Å²) in [6, 6.07) is 10.2. The molecule has 0 saturated carbocycles. The molecule has 1 aromatic rings. The topological polar surface area (TPSA) is 65.0 Å². The zero-order chi connectivity index (χ0) is 18.0. The van der Waals surface area contributed by atoms with Crippen LogP contribution in [0.2, 0.25) is 0 Å². The summed E-state index contributed by atoms with van der Waals surface area (Å²) >= 11 is 0. The molecule has 0 aliphatic heterocycles. The SMILES string of the molecule is CCNC(=NCCCN(C)S(=O)(=O)CC)N(C)Cc1ccccc1.I. The minimum Gasteiger partial charge on any atom is -0.357 e. The number of hydrogen-bond donors (Lipinski definition) is 1.